The molecule has 2 amide bonds. The molecule has 72 valence electrons. The highest BCUT2D eigenvalue weighted by Crippen LogP contribution is 2.19. The van der Waals surface area contributed by atoms with E-state index in [1.165, 1.54) is 12.2 Å². The van der Waals surface area contributed by atoms with Crippen LogP contribution in [-0.4, -0.2) is 11.8 Å². The van der Waals surface area contributed by atoms with Crippen LogP contribution in [0.5, 0.6) is 0 Å². The van der Waals surface area contributed by atoms with E-state index in [9.17, 15) is 9.59 Å². The lowest BCUT2D eigenvalue weighted by molar-refractivity contribution is -0.119. The Morgan fingerprint density at radius 2 is 1.80 bits per heavy atom. The molecule has 0 aromatic heterocycles. The standard InChI is InChI=1S/C12H7NO2/c1-2-9-4-3-5-10(8-9)13-11(14)6-7-12(13)15/h1,3-8H. The quantitative estimate of drug-likeness (QED) is 0.499. The molecule has 3 heteroatoms. The number of anilines is 1. The molecule has 0 saturated heterocycles. The number of hydrogen-bond acceptors (Lipinski definition) is 2. The van der Waals surface area contributed by atoms with Gasteiger partial charge in [-0.1, -0.05) is 12.0 Å². The van der Waals surface area contributed by atoms with Crippen LogP contribution in [0.2, 0.25) is 0 Å². The van der Waals surface area contributed by atoms with Gasteiger partial charge in [-0.05, 0) is 18.2 Å². The van der Waals surface area contributed by atoms with Gasteiger partial charge in [-0.2, -0.15) is 0 Å². The Morgan fingerprint density at radius 1 is 1.13 bits per heavy atom. The van der Waals surface area contributed by atoms with Crippen LogP contribution in [-0.2, 0) is 9.59 Å². The number of nitrogens with zero attached hydrogens (tertiary/aromatic N) is 1. The molecule has 1 aromatic carbocycles. The fourth-order valence-corrected chi connectivity index (χ4v) is 1.39. The predicted molar refractivity (Wildman–Crippen MR) is 56.0 cm³/mol. The van der Waals surface area contributed by atoms with Gasteiger partial charge < -0.3 is 0 Å². The lowest BCUT2D eigenvalue weighted by atomic mass is 10.2. The third-order valence-corrected chi connectivity index (χ3v) is 2.08. The first-order chi connectivity index (χ1) is 7.22. The molecule has 0 radical (unpaired) electrons. The maximum absolute atomic E-state index is 11.4. The van der Waals surface area contributed by atoms with E-state index in [0.29, 0.717) is 11.3 Å². The predicted octanol–water partition coefficient (Wildman–Crippen LogP) is 1.10. The monoisotopic (exact) mass is 197 g/mol. The van der Waals surface area contributed by atoms with Crippen LogP contribution in [0.3, 0.4) is 0 Å². The smallest absolute Gasteiger partial charge is 0.258 e. The van der Waals surface area contributed by atoms with Crippen LogP contribution in [0.25, 0.3) is 0 Å². The van der Waals surface area contributed by atoms with Crippen molar-refractivity contribution < 1.29 is 9.59 Å². The number of terminal acetylenes is 1. The summed E-state index contributed by atoms with van der Waals surface area (Å²) in [7, 11) is 0. The van der Waals surface area contributed by atoms with Gasteiger partial charge in [0.25, 0.3) is 11.8 Å². The molecule has 0 fully saturated rings. The highest BCUT2D eigenvalue weighted by molar-refractivity contribution is 6.28. The number of hydrogen-bond donors (Lipinski definition) is 0. The van der Waals surface area contributed by atoms with Crippen molar-refractivity contribution in [1.29, 1.82) is 0 Å². The van der Waals surface area contributed by atoms with Gasteiger partial charge in [-0.15, -0.1) is 6.42 Å². The lowest BCUT2D eigenvalue weighted by Crippen LogP contribution is -2.29. The third kappa shape index (κ3) is 1.53. The normalized spacial score (nSPS) is 14.5. The van der Waals surface area contributed by atoms with Crippen LogP contribution < -0.4 is 4.90 Å². The van der Waals surface area contributed by atoms with Crippen molar-refractivity contribution in [2.24, 2.45) is 0 Å². The summed E-state index contributed by atoms with van der Waals surface area (Å²) in [6, 6.07) is 6.75. The molecule has 1 aromatic rings. The van der Waals surface area contributed by atoms with Crippen molar-refractivity contribution in [3.05, 3.63) is 42.0 Å². The first-order valence-corrected chi connectivity index (χ1v) is 4.35. The Balaban J connectivity index is 2.43. The first kappa shape index (κ1) is 9.22. The molecule has 0 unspecified atom stereocenters. The topological polar surface area (TPSA) is 37.4 Å². The molecular weight excluding hydrogens is 190 g/mol. The van der Waals surface area contributed by atoms with Gasteiger partial charge in [-0.25, -0.2) is 4.90 Å². The SMILES string of the molecule is C#Cc1cccc(N2C(=O)C=CC2=O)c1. The summed E-state index contributed by atoms with van der Waals surface area (Å²) in [5.41, 5.74) is 1.14. The molecule has 3 nitrogen and oxygen atoms in total. The van der Waals surface area contributed by atoms with E-state index in [2.05, 4.69) is 5.92 Å². The van der Waals surface area contributed by atoms with Gasteiger partial charge in [0.05, 0.1) is 5.69 Å². The number of carbonyl (C=O) groups excluding carboxylic acids is 2. The maximum atomic E-state index is 11.4. The lowest BCUT2D eigenvalue weighted by Gasteiger charge is -2.13. The molecule has 0 spiro atoms. The van der Waals surface area contributed by atoms with Crippen LogP contribution in [0.4, 0.5) is 5.69 Å². The van der Waals surface area contributed by atoms with Crippen molar-refractivity contribution in [2.45, 2.75) is 0 Å². The zero-order valence-electron chi connectivity index (χ0n) is 7.81. The van der Waals surface area contributed by atoms with E-state index in [1.807, 2.05) is 0 Å². The first-order valence-electron chi connectivity index (χ1n) is 4.35. The second kappa shape index (κ2) is 3.43. The van der Waals surface area contributed by atoms with Crippen LogP contribution in [0, 0.1) is 12.3 Å². The molecule has 0 bridgehead atoms. The van der Waals surface area contributed by atoms with Gasteiger partial charge in [0.2, 0.25) is 0 Å². The van der Waals surface area contributed by atoms with Crippen molar-refractivity contribution in [1.82, 2.24) is 0 Å². The van der Waals surface area contributed by atoms with Crippen LogP contribution in [0.15, 0.2) is 36.4 Å². The van der Waals surface area contributed by atoms with Gasteiger partial charge in [0.15, 0.2) is 0 Å². The van der Waals surface area contributed by atoms with Crippen molar-refractivity contribution in [2.75, 3.05) is 4.90 Å². The van der Waals surface area contributed by atoms with Gasteiger partial charge in [-0.3, -0.25) is 9.59 Å². The molecule has 1 heterocycles. The highest BCUT2D eigenvalue weighted by Gasteiger charge is 2.24. The minimum Gasteiger partial charge on any atom is -0.269 e. The Bertz CT molecular complexity index is 491. The molecule has 0 atom stereocenters. The van der Waals surface area contributed by atoms with Gasteiger partial charge in [0.1, 0.15) is 0 Å². The van der Waals surface area contributed by atoms with E-state index in [0.717, 1.165) is 4.90 Å². The zero-order chi connectivity index (χ0) is 10.8. The van der Waals surface area contributed by atoms with Crippen molar-refractivity contribution in [3.8, 4) is 12.3 Å². The van der Waals surface area contributed by atoms with Crippen molar-refractivity contribution >= 4 is 17.5 Å². The number of carbonyl (C=O) groups is 2. The Hall–Kier alpha value is -2.34. The number of amides is 2. The summed E-state index contributed by atoms with van der Waals surface area (Å²) in [6.45, 7) is 0. The Morgan fingerprint density at radius 3 is 2.40 bits per heavy atom. The number of rotatable bonds is 1. The average Bonchev–Trinajstić information content (AvgIpc) is 2.59. The van der Waals surface area contributed by atoms with E-state index in [-0.39, 0.29) is 11.8 Å². The maximum Gasteiger partial charge on any atom is 0.258 e. The van der Waals surface area contributed by atoms with Gasteiger partial charge in [0, 0.05) is 17.7 Å². The molecule has 0 aliphatic carbocycles. The van der Waals surface area contributed by atoms with Gasteiger partial charge >= 0.3 is 0 Å². The summed E-state index contributed by atoms with van der Waals surface area (Å²) in [5.74, 6) is 1.77. The van der Waals surface area contributed by atoms with E-state index in [1.54, 1.807) is 24.3 Å². The highest BCUT2D eigenvalue weighted by atomic mass is 16.2. The molecular formula is C12H7NO2. The van der Waals surface area contributed by atoms with E-state index < -0.39 is 0 Å². The molecule has 0 saturated carbocycles. The second-order valence-electron chi connectivity index (χ2n) is 3.04. The summed E-state index contributed by atoms with van der Waals surface area (Å²) in [4.78, 5) is 23.8. The molecule has 1 aliphatic heterocycles. The third-order valence-electron chi connectivity index (χ3n) is 2.08. The molecule has 0 N–H and O–H groups in total. The minimum atomic E-state index is -0.339. The van der Waals surface area contributed by atoms with E-state index in [4.69, 9.17) is 6.42 Å². The average molecular weight is 197 g/mol. The second-order valence-corrected chi connectivity index (χ2v) is 3.04. The summed E-state index contributed by atoms with van der Waals surface area (Å²) in [5, 5.41) is 0. The molecule has 2 rings (SSSR count). The minimum absolute atomic E-state index is 0.339. The molecule has 15 heavy (non-hydrogen) atoms. The summed E-state index contributed by atoms with van der Waals surface area (Å²) in [6.07, 6.45) is 7.71. The van der Waals surface area contributed by atoms with E-state index >= 15 is 0 Å². The largest absolute Gasteiger partial charge is 0.269 e. The summed E-state index contributed by atoms with van der Waals surface area (Å²) >= 11 is 0. The van der Waals surface area contributed by atoms with Crippen molar-refractivity contribution in [3.63, 3.8) is 0 Å². The zero-order valence-corrected chi connectivity index (χ0v) is 7.81. The Kier molecular flexibility index (Phi) is 2.11. The molecule has 1 aliphatic rings. The summed E-state index contributed by atoms with van der Waals surface area (Å²) < 4.78 is 0. The number of benzene rings is 1. The number of imide groups is 1. The van der Waals surface area contributed by atoms with Crippen LogP contribution >= 0.6 is 0 Å². The van der Waals surface area contributed by atoms with Crippen LogP contribution in [0.1, 0.15) is 5.56 Å². The fourth-order valence-electron chi connectivity index (χ4n) is 1.39. The Labute approximate surface area is 87.0 Å². The fraction of sp³-hybridized carbons (Fsp3) is 0.